The van der Waals surface area contributed by atoms with Crippen molar-refractivity contribution in [2.45, 2.75) is 25.3 Å². The van der Waals surface area contributed by atoms with Crippen molar-refractivity contribution < 1.29 is 14.3 Å². The van der Waals surface area contributed by atoms with E-state index in [9.17, 15) is 9.59 Å². The van der Waals surface area contributed by atoms with Crippen LogP contribution in [-0.2, 0) is 21.9 Å². The summed E-state index contributed by atoms with van der Waals surface area (Å²) < 4.78 is 6.13. The zero-order valence-corrected chi connectivity index (χ0v) is 18.7. The van der Waals surface area contributed by atoms with Crippen LogP contribution >= 0.6 is 27.7 Å². The molecule has 150 valence electrons. The zero-order valence-electron chi connectivity index (χ0n) is 16.3. The molecule has 0 bridgehead atoms. The number of carbonyl (C=O) groups excluding carboxylic acids is 2. The van der Waals surface area contributed by atoms with Crippen molar-refractivity contribution >= 4 is 39.5 Å². The Morgan fingerprint density at radius 2 is 1.71 bits per heavy atom. The van der Waals surface area contributed by atoms with Gasteiger partial charge in [0.05, 0.1) is 12.9 Å². The average molecular weight is 465 g/mol. The quantitative estimate of drug-likeness (QED) is 0.611. The van der Waals surface area contributed by atoms with Crippen molar-refractivity contribution in [3.8, 4) is 5.75 Å². The number of nitrogens with one attached hydrogen (secondary N) is 1. The zero-order chi connectivity index (χ0) is 20.5. The normalized spacial score (nSPS) is 11.6. The van der Waals surface area contributed by atoms with Crippen LogP contribution in [0.1, 0.15) is 18.1 Å². The Kier molecular flexibility index (Phi) is 8.86. The van der Waals surface area contributed by atoms with E-state index in [4.69, 9.17) is 4.74 Å². The van der Waals surface area contributed by atoms with Crippen LogP contribution in [0, 0.1) is 0 Å². The molecular weight excluding hydrogens is 440 g/mol. The predicted molar refractivity (Wildman–Crippen MR) is 117 cm³/mol. The lowest BCUT2D eigenvalue weighted by Gasteiger charge is -2.28. The maximum absolute atomic E-state index is 12.9. The number of rotatable bonds is 9. The topological polar surface area (TPSA) is 58.6 Å². The number of halogens is 1. The first-order chi connectivity index (χ1) is 13.4. The molecule has 1 N–H and O–H groups in total. The summed E-state index contributed by atoms with van der Waals surface area (Å²) in [6.07, 6.45) is 0. The van der Waals surface area contributed by atoms with Crippen molar-refractivity contribution in [3.63, 3.8) is 0 Å². The van der Waals surface area contributed by atoms with Gasteiger partial charge in [-0.3, -0.25) is 9.59 Å². The Bertz CT molecular complexity index is 781. The van der Waals surface area contributed by atoms with Crippen LogP contribution in [0.25, 0.3) is 0 Å². The molecule has 1 atom stereocenters. The molecule has 0 aliphatic rings. The summed E-state index contributed by atoms with van der Waals surface area (Å²) >= 11 is 4.95. The molecule has 2 rings (SSSR count). The molecule has 0 fully saturated rings. The first kappa shape index (κ1) is 22.3. The highest BCUT2D eigenvalue weighted by molar-refractivity contribution is 9.10. The van der Waals surface area contributed by atoms with Gasteiger partial charge in [-0.2, -0.15) is 0 Å². The maximum Gasteiger partial charge on any atom is 0.242 e. The minimum absolute atomic E-state index is 0.0578. The van der Waals surface area contributed by atoms with Crippen LogP contribution in [0.2, 0.25) is 0 Å². The van der Waals surface area contributed by atoms with Gasteiger partial charge >= 0.3 is 0 Å². The molecule has 2 amide bonds. The first-order valence-electron chi connectivity index (χ1n) is 8.90. The minimum atomic E-state index is -0.539. The summed E-state index contributed by atoms with van der Waals surface area (Å²) in [5.41, 5.74) is 2.10. The van der Waals surface area contributed by atoms with E-state index in [1.165, 1.54) is 11.8 Å². The lowest BCUT2D eigenvalue weighted by molar-refractivity contribution is -0.138. The second kappa shape index (κ2) is 11.1. The number of hydrogen-bond donors (Lipinski definition) is 1. The third-order valence-corrected chi connectivity index (χ3v) is 5.85. The summed E-state index contributed by atoms with van der Waals surface area (Å²) in [6, 6.07) is 15.0. The number of ether oxygens (including phenoxy) is 1. The van der Waals surface area contributed by atoms with E-state index in [2.05, 4.69) is 21.2 Å². The molecule has 2 aromatic rings. The van der Waals surface area contributed by atoms with Gasteiger partial charge in [-0.15, -0.1) is 11.8 Å². The van der Waals surface area contributed by atoms with Gasteiger partial charge in [-0.25, -0.2) is 0 Å². The van der Waals surface area contributed by atoms with E-state index in [1.807, 2.05) is 48.5 Å². The molecule has 0 aliphatic carbocycles. The molecule has 0 unspecified atom stereocenters. The summed E-state index contributed by atoms with van der Waals surface area (Å²) in [6.45, 7) is 2.15. The smallest absolute Gasteiger partial charge is 0.242 e. The number of likely N-dealkylation sites (N-methyl/N-ethyl adjacent to an activating group) is 1. The SMILES string of the molecule is CNC(=O)[C@H](C)N(Cc1ccc(Br)cc1)C(=O)CSCc1ccc(OC)cc1. The predicted octanol–water partition coefficient (Wildman–Crippen LogP) is 3.85. The molecule has 0 spiro atoms. The number of hydrogen-bond acceptors (Lipinski definition) is 4. The van der Waals surface area contributed by atoms with Crippen LogP contribution in [0.4, 0.5) is 0 Å². The monoisotopic (exact) mass is 464 g/mol. The summed E-state index contributed by atoms with van der Waals surface area (Å²) in [7, 11) is 3.22. The highest BCUT2D eigenvalue weighted by Crippen LogP contribution is 2.19. The fourth-order valence-corrected chi connectivity index (χ4v) is 3.77. The summed E-state index contributed by atoms with van der Waals surface area (Å²) in [4.78, 5) is 26.6. The highest BCUT2D eigenvalue weighted by Gasteiger charge is 2.25. The van der Waals surface area contributed by atoms with Gasteiger partial charge in [0, 0.05) is 23.8 Å². The highest BCUT2D eigenvalue weighted by atomic mass is 79.9. The molecule has 0 saturated carbocycles. The Balaban J connectivity index is 2.00. The number of benzene rings is 2. The minimum Gasteiger partial charge on any atom is -0.497 e. The van der Waals surface area contributed by atoms with E-state index in [0.29, 0.717) is 12.3 Å². The third kappa shape index (κ3) is 6.56. The van der Waals surface area contributed by atoms with Gasteiger partial charge < -0.3 is 15.0 Å². The van der Waals surface area contributed by atoms with Crippen LogP contribution in [0.5, 0.6) is 5.75 Å². The largest absolute Gasteiger partial charge is 0.497 e. The number of amides is 2. The van der Waals surface area contributed by atoms with Gasteiger partial charge in [0.25, 0.3) is 0 Å². The van der Waals surface area contributed by atoms with Gasteiger partial charge in [-0.1, -0.05) is 40.2 Å². The van der Waals surface area contributed by atoms with E-state index >= 15 is 0 Å². The van der Waals surface area contributed by atoms with Crippen molar-refractivity contribution in [2.24, 2.45) is 0 Å². The Morgan fingerprint density at radius 1 is 1.11 bits per heavy atom. The van der Waals surface area contributed by atoms with Crippen molar-refractivity contribution in [2.75, 3.05) is 19.9 Å². The molecule has 28 heavy (non-hydrogen) atoms. The van der Waals surface area contributed by atoms with Gasteiger partial charge in [0.15, 0.2) is 0 Å². The molecule has 0 heterocycles. The maximum atomic E-state index is 12.9. The van der Waals surface area contributed by atoms with Crippen LogP contribution in [0.15, 0.2) is 53.0 Å². The van der Waals surface area contributed by atoms with Crippen LogP contribution in [-0.4, -0.2) is 42.7 Å². The summed E-state index contributed by atoms with van der Waals surface area (Å²) in [5.74, 6) is 1.60. The second-order valence-corrected chi connectivity index (χ2v) is 8.18. The molecule has 0 radical (unpaired) electrons. The number of nitrogens with zero attached hydrogens (tertiary/aromatic N) is 1. The standard InChI is InChI=1S/C21H25BrN2O3S/c1-15(21(26)23-2)24(12-16-4-8-18(22)9-5-16)20(25)14-28-13-17-6-10-19(27-3)11-7-17/h4-11,15H,12-14H2,1-3H3,(H,23,26)/t15-/m0/s1. The Morgan fingerprint density at radius 3 is 2.29 bits per heavy atom. The van der Waals surface area contributed by atoms with Crippen LogP contribution in [0.3, 0.4) is 0 Å². The first-order valence-corrected chi connectivity index (χ1v) is 10.9. The van der Waals surface area contributed by atoms with Gasteiger partial charge in [0.2, 0.25) is 11.8 Å². The molecular formula is C21H25BrN2O3S. The molecule has 0 saturated heterocycles. The molecule has 0 aliphatic heterocycles. The van der Waals surface area contributed by atoms with E-state index in [0.717, 1.165) is 27.1 Å². The third-order valence-electron chi connectivity index (χ3n) is 4.33. The van der Waals surface area contributed by atoms with Crippen molar-refractivity contribution in [1.29, 1.82) is 0 Å². The number of carbonyl (C=O) groups is 2. The Labute approximate surface area is 179 Å². The van der Waals surface area contributed by atoms with Gasteiger partial charge in [-0.05, 0) is 42.3 Å². The lowest BCUT2D eigenvalue weighted by Crippen LogP contribution is -2.47. The van der Waals surface area contributed by atoms with E-state index in [1.54, 1.807) is 26.0 Å². The van der Waals surface area contributed by atoms with E-state index < -0.39 is 6.04 Å². The number of thioether (sulfide) groups is 1. The fourth-order valence-electron chi connectivity index (χ4n) is 2.64. The fraction of sp³-hybridized carbons (Fsp3) is 0.333. The summed E-state index contributed by atoms with van der Waals surface area (Å²) in [5, 5.41) is 2.63. The average Bonchev–Trinajstić information content (AvgIpc) is 2.72. The Hall–Kier alpha value is -1.99. The van der Waals surface area contributed by atoms with Gasteiger partial charge in [0.1, 0.15) is 11.8 Å². The molecule has 0 aromatic heterocycles. The molecule has 7 heteroatoms. The van der Waals surface area contributed by atoms with E-state index in [-0.39, 0.29) is 11.8 Å². The number of methoxy groups -OCH3 is 1. The van der Waals surface area contributed by atoms with Crippen LogP contribution < -0.4 is 10.1 Å². The molecule has 5 nitrogen and oxygen atoms in total. The molecule has 2 aromatic carbocycles. The second-order valence-electron chi connectivity index (χ2n) is 6.28. The lowest BCUT2D eigenvalue weighted by atomic mass is 10.1. The van der Waals surface area contributed by atoms with Crippen molar-refractivity contribution in [1.82, 2.24) is 10.2 Å². The van der Waals surface area contributed by atoms with Crippen molar-refractivity contribution in [3.05, 3.63) is 64.1 Å².